The summed E-state index contributed by atoms with van der Waals surface area (Å²) in [6.45, 7) is 3.75. The lowest BCUT2D eigenvalue weighted by atomic mass is 10.0. The maximum atomic E-state index is 13.7. The summed E-state index contributed by atoms with van der Waals surface area (Å²) in [5.41, 5.74) is 2.38. The first-order chi connectivity index (χ1) is 20.7. The van der Waals surface area contributed by atoms with Gasteiger partial charge in [0.05, 0.1) is 5.71 Å². The maximum Gasteiger partial charge on any atom is 0.213 e. The Bertz CT molecular complexity index is 1660. The highest BCUT2D eigenvalue weighted by Crippen LogP contribution is 2.47. The van der Waals surface area contributed by atoms with Gasteiger partial charge in [-0.3, -0.25) is 4.79 Å². The van der Waals surface area contributed by atoms with Crippen LogP contribution in [0.15, 0.2) is 175 Å². The molecule has 0 bridgehead atoms. The molecule has 0 amide bonds. The molecular formula is C38H33N2OP. The van der Waals surface area contributed by atoms with E-state index >= 15 is 0 Å². The van der Waals surface area contributed by atoms with Crippen molar-refractivity contribution in [3.63, 3.8) is 0 Å². The first-order valence-corrected chi connectivity index (χ1v) is 15.8. The SMILES string of the molecule is C=CCC(/C(C)=N\N=C(/C(=O)c1ccccc1)c1ccccc1)=P(c1ccccc1)(c1ccccc1)c1ccccc1. The van der Waals surface area contributed by atoms with Crippen LogP contribution in [-0.2, 0) is 0 Å². The van der Waals surface area contributed by atoms with E-state index in [0.29, 0.717) is 17.7 Å². The van der Waals surface area contributed by atoms with Crippen molar-refractivity contribution in [2.24, 2.45) is 10.2 Å². The molecule has 0 fully saturated rings. The van der Waals surface area contributed by atoms with Crippen molar-refractivity contribution in [2.75, 3.05) is 0 Å². The molecule has 5 aromatic carbocycles. The highest BCUT2D eigenvalue weighted by Gasteiger charge is 2.30. The van der Waals surface area contributed by atoms with Crippen LogP contribution in [-0.4, -0.2) is 22.5 Å². The van der Waals surface area contributed by atoms with E-state index in [1.807, 2.05) is 91.9 Å². The van der Waals surface area contributed by atoms with Crippen molar-refractivity contribution in [1.29, 1.82) is 0 Å². The van der Waals surface area contributed by atoms with Crippen LogP contribution in [0, 0.1) is 0 Å². The fourth-order valence-electron chi connectivity index (χ4n) is 5.27. The largest absolute Gasteiger partial charge is 0.287 e. The fourth-order valence-corrected chi connectivity index (χ4v) is 9.89. The highest BCUT2D eigenvalue weighted by molar-refractivity contribution is 7.96. The smallest absolute Gasteiger partial charge is 0.213 e. The van der Waals surface area contributed by atoms with Gasteiger partial charge in [0, 0.05) is 11.1 Å². The van der Waals surface area contributed by atoms with Gasteiger partial charge in [-0.1, -0.05) is 158 Å². The zero-order chi connectivity index (χ0) is 29.2. The average Bonchev–Trinajstić information content (AvgIpc) is 3.07. The van der Waals surface area contributed by atoms with E-state index in [1.165, 1.54) is 15.9 Å². The Morgan fingerprint density at radius 1 is 0.595 bits per heavy atom. The third-order valence-electron chi connectivity index (χ3n) is 7.19. The van der Waals surface area contributed by atoms with Crippen LogP contribution in [0.2, 0.25) is 0 Å². The van der Waals surface area contributed by atoms with Crippen LogP contribution in [0.5, 0.6) is 0 Å². The Morgan fingerprint density at radius 3 is 1.38 bits per heavy atom. The van der Waals surface area contributed by atoms with Crippen LogP contribution in [0.1, 0.15) is 29.3 Å². The quantitative estimate of drug-likeness (QED) is 0.0570. The van der Waals surface area contributed by atoms with Gasteiger partial charge < -0.3 is 0 Å². The van der Waals surface area contributed by atoms with E-state index in [4.69, 9.17) is 5.10 Å². The fraction of sp³-hybridized carbons (Fsp3) is 0.0526. The number of ketones is 1. The topological polar surface area (TPSA) is 41.8 Å². The molecule has 42 heavy (non-hydrogen) atoms. The molecule has 4 heteroatoms. The molecule has 0 saturated heterocycles. The Balaban J connectivity index is 1.83. The van der Waals surface area contributed by atoms with Gasteiger partial charge in [0.1, 0.15) is 5.71 Å². The molecular weight excluding hydrogens is 531 g/mol. The molecule has 0 aliphatic carbocycles. The number of carbonyl (C=O) groups excluding carboxylic acids is 1. The minimum absolute atomic E-state index is 0.168. The van der Waals surface area contributed by atoms with E-state index < -0.39 is 6.89 Å². The molecule has 0 radical (unpaired) electrons. The van der Waals surface area contributed by atoms with Crippen LogP contribution >= 0.6 is 6.89 Å². The molecule has 5 rings (SSSR count). The number of Topliss-reactive ketones (excluding diaryl/α,β-unsaturated/α-hetero) is 1. The van der Waals surface area contributed by atoms with Gasteiger partial charge in [-0.05, 0) is 41.4 Å². The molecule has 0 saturated carbocycles. The van der Waals surface area contributed by atoms with E-state index in [0.717, 1.165) is 16.6 Å². The third-order valence-corrected chi connectivity index (χ3v) is 11.7. The van der Waals surface area contributed by atoms with Crippen LogP contribution in [0.4, 0.5) is 0 Å². The molecule has 5 aromatic rings. The van der Waals surface area contributed by atoms with Crippen molar-refractivity contribution in [3.05, 3.63) is 175 Å². The maximum absolute atomic E-state index is 13.7. The third kappa shape index (κ3) is 5.93. The molecule has 0 N–H and O–H groups in total. The molecule has 0 aliphatic heterocycles. The zero-order valence-corrected chi connectivity index (χ0v) is 24.6. The lowest BCUT2D eigenvalue weighted by molar-refractivity contribution is 0.106. The van der Waals surface area contributed by atoms with Crippen LogP contribution in [0.3, 0.4) is 0 Å². The molecule has 0 spiro atoms. The van der Waals surface area contributed by atoms with E-state index in [9.17, 15) is 4.79 Å². The zero-order valence-electron chi connectivity index (χ0n) is 23.7. The van der Waals surface area contributed by atoms with Crippen molar-refractivity contribution in [2.45, 2.75) is 13.3 Å². The van der Waals surface area contributed by atoms with Gasteiger partial charge in [0.25, 0.3) is 0 Å². The number of allylic oxidation sites excluding steroid dienone is 1. The summed E-state index contributed by atoms with van der Waals surface area (Å²) in [6, 6.07) is 50.8. The monoisotopic (exact) mass is 564 g/mol. The second-order valence-corrected chi connectivity index (χ2v) is 13.2. The Kier molecular flexibility index (Phi) is 9.33. The molecule has 0 heterocycles. The molecule has 0 unspecified atom stereocenters. The molecule has 3 nitrogen and oxygen atoms in total. The summed E-state index contributed by atoms with van der Waals surface area (Å²) < 4.78 is 0. The van der Waals surface area contributed by atoms with Gasteiger partial charge in [0.15, 0.2) is 0 Å². The second-order valence-electron chi connectivity index (χ2n) is 9.81. The van der Waals surface area contributed by atoms with Crippen molar-refractivity contribution in [3.8, 4) is 0 Å². The van der Waals surface area contributed by atoms with E-state index in [1.54, 1.807) is 0 Å². The average molecular weight is 565 g/mol. The minimum atomic E-state index is -2.39. The van der Waals surface area contributed by atoms with Crippen LogP contribution < -0.4 is 15.9 Å². The number of benzene rings is 5. The predicted molar refractivity (Wildman–Crippen MR) is 182 cm³/mol. The van der Waals surface area contributed by atoms with Crippen molar-refractivity contribution >= 4 is 45.3 Å². The van der Waals surface area contributed by atoms with E-state index in [2.05, 4.69) is 84.5 Å². The van der Waals surface area contributed by atoms with E-state index in [-0.39, 0.29) is 5.78 Å². The molecule has 206 valence electrons. The molecule has 0 aliphatic rings. The van der Waals surface area contributed by atoms with Gasteiger partial charge in [0.2, 0.25) is 5.78 Å². The van der Waals surface area contributed by atoms with Crippen molar-refractivity contribution < 1.29 is 4.79 Å². The Labute approximate surface area is 248 Å². The summed E-state index contributed by atoms with van der Waals surface area (Å²) in [5.74, 6) is -0.168. The summed E-state index contributed by atoms with van der Waals surface area (Å²) in [6.07, 6.45) is 2.56. The van der Waals surface area contributed by atoms with Crippen molar-refractivity contribution in [1.82, 2.24) is 0 Å². The lowest BCUT2D eigenvalue weighted by Gasteiger charge is -2.32. The number of nitrogens with zero attached hydrogens (tertiary/aromatic N) is 2. The predicted octanol–water partition coefficient (Wildman–Crippen LogP) is 7.48. The van der Waals surface area contributed by atoms with Gasteiger partial charge >= 0.3 is 0 Å². The van der Waals surface area contributed by atoms with Gasteiger partial charge in [-0.25, -0.2) is 0 Å². The minimum Gasteiger partial charge on any atom is -0.287 e. The van der Waals surface area contributed by atoms with Gasteiger partial charge in [-0.15, -0.1) is 11.7 Å². The summed E-state index contributed by atoms with van der Waals surface area (Å²) in [5, 5.41) is 14.3. The summed E-state index contributed by atoms with van der Waals surface area (Å²) >= 11 is 0. The number of rotatable bonds is 10. The normalized spacial score (nSPS) is 12.0. The summed E-state index contributed by atoms with van der Waals surface area (Å²) in [4.78, 5) is 13.7. The standard InChI is InChI=1S/C38H33N2OP/c1-3-19-36(30(2)39-40-37(31-20-9-4-10-21-31)38(41)32-22-11-5-12-23-32)42(33-24-13-6-14-25-33,34-26-15-7-16-27-34)35-28-17-8-18-29-35/h3-18,20-29H,1,19H2,2H3/b39-30-,40-37-. The first kappa shape index (κ1) is 28.7. The van der Waals surface area contributed by atoms with Crippen LogP contribution in [0.25, 0.3) is 0 Å². The lowest BCUT2D eigenvalue weighted by Crippen LogP contribution is -2.32. The Morgan fingerprint density at radius 2 is 0.976 bits per heavy atom. The molecule has 0 aromatic heterocycles. The number of carbonyl (C=O) groups is 1. The second kappa shape index (κ2) is 13.7. The Hall–Kier alpha value is -4.85. The van der Waals surface area contributed by atoms with Gasteiger partial charge in [-0.2, -0.15) is 5.10 Å². The molecule has 0 atom stereocenters. The first-order valence-electron chi connectivity index (χ1n) is 14.0. The number of hydrogen-bond donors (Lipinski definition) is 0. The number of hydrogen-bond acceptors (Lipinski definition) is 3. The highest BCUT2D eigenvalue weighted by atomic mass is 31.2. The summed E-state index contributed by atoms with van der Waals surface area (Å²) in [7, 11) is 0.